The molecule has 2 aliphatic heterocycles. The van der Waals surface area contributed by atoms with Crippen molar-refractivity contribution in [1.82, 2.24) is 4.90 Å². The van der Waals surface area contributed by atoms with Gasteiger partial charge in [0.25, 0.3) is 0 Å². The summed E-state index contributed by atoms with van der Waals surface area (Å²) in [5.74, 6) is 1.02. The van der Waals surface area contributed by atoms with Crippen LogP contribution in [0.4, 0.5) is 4.39 Å². The standard InChI is InChI=1S/C17H21FN2O/c1-20-13-3-4-14(20)8-11(7-13)17(19)16-9-10-6-12(18)2-5-15(10)21-16/h2,5-6,9,11,13-14,17H,3-4,7-8,19H2,1H3. The second kappa shape index (κ2) is 4.82. The minimum Gasteiger partial charge on any atom is -0.459 e. The number of benzene rings is 1. The molecule has 1 aromatic carbocycles. The number of rotatable bonds is 2. The third-order valence-corrected chi connectivity index (χ3v) is 5.47. The van der Waals surface area contributed by atoms with Crippen LogP contribution in [-0.2, 0) is 0 Å². The van der Waals surface area contributed by atoms with Gasteiger partial charge in [-0.1, -0.05) is 0 Å². The first-order valence-electron chi connectivity index (χ1n) is 7.78. The highest BCUT2D eigenvalue weighted by Crippen LogP contribution is 2.42. The third-order valence-electron chi connectivity index (χ3n) is 5.47. The number of piperidine rings is 1. The maximum atomic E-state index is 13.3. The second-order valence-corrected chi connectivity index (χ2v) is 6.64. The fraction of sp³-hybridized carbons (Fsp3) is 0.529. The van der Waals surface area contributed by atoms with E-state index < -0.39 is 0 Å². The Labute approximate surface area is 123 Å². The molecule has 0 saturated carbocycles. The van der Waals surface area contributed by atoms with Gasteiger partial charge in [0.15, 0.2) is 0 Å². The molecule has 0 radical (unpaired) electrons. The molecule has 2 aromatic rings. The summed E-state index contributed by atoms with van der Waals surface area (Å²) in [4.78, 5) is 2.51. The molecule has 0 spiro atoms. The summed E-state index contributed by atoms with van der Waals surface area (Å²) in [5, 5.41) is 0.802. The molecule has 3 unspecified atom stereocenters. The Morgan fingerprint density at radius 2 is 1.95 bits per heavy atom. The molecule has 2 saturated heterocycles. The zero-order valence-electron chi connectivity index (χ0n) is 12.3. The Morgan fingerprint density at radius 3 is 2.67 bits per heavy atom. The van der Waals surface area contributed by atoms with Crippen molar-refractivity contribution in [3.05, 3.63) is 35.8 Å². The zero-order valence-corrected chi connectivity index (χ0v) is 12.3. The molecular formula is C17H21FN2O. The van der Waals surface area contributed by atoms with Crippen molar-refractivity contribution >= 4 is 11.0 Å². The molecular weight excluding hydrogens is 267 g/mol. The summed E-state index contributed by atoms with van der Waals surface area (Å²) in [5.41, 5.74) is 7.18. The van der Waals surface area contributed by atoms with Gasteiger partial charge >= 0.3 is 0 Å². The summed E-state index contributed by atoms with van der Waals surface area (Å²) in [6, 6.07) is 7.77. The van der Waals surface area contributed by atoms with Gasteiger partial charge in [-0.05, 0) is 62.9 Å². The predicted molar refractivity (Wildman–Crippen MR) is 80.4 cm³/mol. The molecule has 2 aliphatic rings. The van der Waals surface area contributed by atoms with Crippen molar-refractivity contribution in [3.8, 4) is 0 Å². The molecule has 3 atom stereocenters. The molecule has 0 aliphatic carbocycles. The third kappa shape index (κ3) is 2.17. The van der Waals surface area contributed by atoms with Gasteiger partial charge in [0, 0.05) is 17.5 Å². The van der Waals surface area contributed by atoms with Gasteiger partial charge in [0.05, 0.1) is 6.04 Å². The van der Waals surface area contributed by atoms with Gasteiger partial charge < -0.3 is 15.1 Å². The highest BCUT2D eigenvalue weighted by molar-refractivity contribution is 5.78. The number of nitrogens with two attached hydrogens (primary N) is 1. The number of nitrogens with zero attached hydrogens (tertiary/aromatic N) is 1. The van der Waals surface area contributed by atoms with E-state index in [0.717, 1.165) is 29.6 Å². The van der Waals surface area contributed by atoms with E-state index in [1.54, 1.807) is 6.07 Å². The fourth-order valence-corrected chi connectivity index (χ4v) is 4.18. The highest BCUT2D eigenvalue weighted by Gasteiger charge is 2.41. The SMILES string of the molecule is CN1C2CCC1CC(C(N)c1cc3cc(F)ccc3o1)C2. The van der Waals surface area contributed by atoms with E-state index in [9.17, 15) is 4.39 Å². The van der Waals surface area contributed by atoms with E-state index in [4.69, 9.17) is 10.2 Å². The first-order chi connectivity index (χ1) is 10.1. The Balaban J connectivity index is 1.60. The van der Waals surface area contributed by atoms with Crippen LogP contribution in [0.3, 0.4) is 0 Å². The van der Waals surface area contributed by atoms with E-state index in [1.165, 1.54) is 25.0 Å². The average molecular weight is 288 g/mol. The molecule has 0 amide bonds. The minimum atomic E-state index is -0.235. The van der Waals surface area contributed by atoms with Gasteiger partial charge in [0.1, 0.15) is 17.2 Å². The van der Waals surface area contributed by atoms with E-state index in [2.05, 4.69) is 11.9 Å². The van der Waals surface area contributed by atoms with Crippen molar-refractivity contribution in [1.29, 1.82) is 0 Å². The molecule has 112 valence electrons. The van der Waals surface area contributed by atoms with Crippen LogP contribution in [0.5, 0.6) is 0 Å². The summed E-state index contributed by atoms with van der Waals surface area (Å²) < 4.78 is 19.1. The molecule has 3 heterocycles. The lowest BCUT2D eigenvalue weighted by Crippen LogP contribution is -2.42. The lowest BCUT2D eigenvalue weighted by Gasteiger charge is -2.38. The van der Waals surface area contributed by atoms with Gasteiger partial charge in [0.2, 0.25) is 0 Å². The number of fused-ring (bicyclic) bond motifs is 3. The van der Waals surface area contributed by atoms with Gasteiger partial charge in [-0.3, -0.25) is 0 Å². The van der Waals surface area contributed by atoms with Crippen LogP contribution < -0.4 is 5.73 Å². The number of halogens is 1. The lowest BCUT2D eigenvalue weighted by atomic mass is 9.84. The molecule has 2 bridgehead atoms. The van der Waals surface area contributed by atoms with Crippen LogP contribution in [0.25, 0.3) is 11.0 Å². The van der Waals surface area contributed by atoms with E-state index >= 15 is 0 Å². The van der Waals surface area contributed by atoms with Gasteiger partial charge in [-0.25, -0.2) is 4.39 Å². The topological polar surface area (TPSA) is 42.4 Å². The van der Waals surface area contributed by atoms with Gasteiger partial charge in [-0.2, -0.15) is 0 Å². The van der Waals surface area contributed by atoms with Crippen molar-refractivity contribution in [2.45, 2.75) is 43.8 Å². The summed E-state index contributed by atoms with van der Waals surface area (Å²) in [7, 11) is 2.23. The quantitative estimate of drug-likeness (QED) is 0.920. The second-order valence-electron chi connectivity index (χ2n) is 6.64. The van der Waals surface area contributed by atoms with Crippen molar-refractivity contribution < 1.29 is 8.81 Å². The first-order valence-corrected chi connectivity index (χ1v) is 7.78. The van der Waals surface area contributed by atoms with Gasteiger partial charge in [-0.15, -0.1) is 0 Å². The van der Waals surface area contributed by atoms with Crippen molar-refractivity contribution in [3.63, 3.8) is 0 Å². The minimum absolute atomic E-state index is 0.0859. The summed E-state index contributed by atoms with van der Waals surface area (Å²) >= 11 is 0. The molecule has 3 nitrogen and oxygen atoms in total. The Hall–Kier alpha value is -1.39. The molecule has 2 N–H and O–H groups in total. The van der Waals surface area contributed by atoms with Crippen LogP contribution >= 0.6 is 0 Å². The fourth-order valence-electron chi connectivity index (χ4n) is 4.18. The summed E-state index contributed by atoms with van der Waals surface area (Å²) in [6.45, 7) is 0. The maximum Gasteiger partial charge on any atom is 0.134 e. The average Bonchev–Trinajstić information content (AvgIpc) is 2.94. The molecule has 4 heteroatoms. The zero-order chi connectivity index (χ0) is 14.6. The van der Waals surface area contributed by atoms with Crippen LogP contribution in [0.1, 0.15) is 37.5 Å². The Bertz CT molecular complexity index is 654. The Kier molecular flexibility index (Phi) is 3.05. The monoisotopic (exact) mass is 288 g/mol. The molecule has 2 fully saturated rings. The van der Waals surface area contributed by atoms with Crippen LogP contribution in [0, 0.1) is 11.7 Å². The lowest BCUT2D eigenvalue weighted by molar-refractivity contribution is 0.116. The largest absolute Gasteiger partial charge is 0.459 e. The van der Waals surface area contributed by atoms with E-state index in [1.807, 2.05) is 6.07 Å². The summed E-state index contributed by atoms with van der Waals surface area (Å²) in [6.07, 6.45) is 4.85. The first kappa shape index (κ1) is 13.3. The predicted octanol–water partition coefficient (Wildman–Crippen LogP) is 3.44. The molecule has 1 aromatic heterocycles. The van der Waals surface area contributed by atoms with Crippen molar-refractivity contribution in [2.75, 3.05) is 7.05 Å². The highest BCUT2D eigenvalue weighted by atomic mass is 19.1. The smallest absolute Gasteiger partial charge is 0.134 e. The number of hydrogen-bond donors (Lipinski definition) is 1. The van der Waals surface area contributed by atoms with Crippen LogP contribution in [-0.4, -0.2) is 24.0 Å². The van der Waals surface area contributed by atoms with Crippen molar-refractivity contribution in [2.24, 2.45) is 11.7 Å². The maximum absolute atomic E-state index is 13.3. The van der Waals surface area contributed by atoms with Crippen LogP contribution in [0.15, 0.2) is 28.7 Å². The molecule has 21 heavy (non-hydrogen) atoms. The number of hydrogen-bond acceptors (Lipinski definition) is 3. The van der Waals surface area contributed by atoms with Crippen LogP contribution in [0.2, 0.25) is 0 Å². The van der Waals surface area contributed by atoms with E-state index in [-0.39, 0.29) is 11.9 Å². The van der Waals surface area contributed by atoms with E-state index in [0.29, 0.717) is 18.0 Å². The molecule has 4 rings (SSSR count). The number of furan rings is 1. The normalized spacial score (nSPS) is 30.9. The Morgan fingerprint density at radius 1 is 1.24 bits per heavy atom.